The SMILES string of the molecule is CC(C)CC(C)N(C)S(=O)(=O)c1ccc(CCl)cc1. The van der Waals surface area contributed by atoms with Crippen LogP contribution in [0.4, 0.5) is 0 Å². The number of nitrogens with zero attached hydrogens (tertiary/aromatic N) is 1. The number of alkyl halides is 1. The van der Waals surface area contributed by atoms with E-state index in [-0.39, 0.29) is 6.04 Å². The molecule has 0 spiro atoms. The predicted octanol–water partition coefficient (Wildman–Crippen LogP) is 3.48. The summed E-state index contributed by atoms with van der Waals surface area (Å²) < 4.78 is 26.3. The van der Waals surface area contributed by atoms with Crippen LogP contribution in [-0.4, -0.2) is 25.8 Å². The number of hydrogen-bond acceptors (Lipinski definition) is 2. The van der Waals surface area contributed by atoms with Crippen molar-refractivity contribution in [3.05, 3.63) is 29.8 Å². The van der Waals surface area contributed by atoms with Gasteiger partial charge in [-0.3, -0.25) is 0 Å². The molecule has 0 amide bonds. The Balaban J connectivity index is 2.95. The molecule has 1 atom stereocenters. The minimum atomic E-state index is -3.42. The topological polar surface area (TPSA) is 37.4 Å². The largest absolute Gasteiger partial charge is 0.243 e. The Kier molecular flexibility index (Phi) is 5.83. The first-order valence-electron chi connectivity index (χ1n) is 6.42. The normalized spacial score (nSPS) is 14.1. The Morgan fingerprint density at radius 3 is 2.11 bits per heavy atom. The molecule has 0 N–H and O–H groups in total. The minimum Gasteiger partial charge on any atom is -0.207 e. The summed E-state index contributed by atoms with van der Waals surface area (Å²) in [6.07, 6.45) is 0.843. The van der Waals surface area contributed by atoms with E-state index in [9.17, 15) is 8.42 Å². The molecule has 0 saturated heterocycles. The average molecular weight is 304 g/mol. The van der Waals surface area contributed by atoms with Gasteiger partial charge >= 0.3 is 0 Å². The maximum absolute atomic E-state index is 12.4. The summed E-state index contributed by atoms with van der Waals surface area (Å²) in [4.78, 5) is 0.319. The summed E-state index contributed by atoms with van der Waals surface area (Å²) in [6.45, 7) is 6.11. The van der Waals surface area contributed by atoms with Gasteiger partial charge in [0.05, 0.1) is 4.90 Å². The molecule has 0 bridgehead atoms. The molecule has 19 heavy (non-hydrogen) atoms. The number of sulfonamides is 1. The van der Waals surface area contributed by atoms with Gasteiger partial charge in [-0.15, -0.1) is 11.6 Å². The maximum Gasteiger partial charge on any atom is 0.243 e. The molecule has 0 aliphatic heterocycles. The van der Waals surface area contributed by atoms with Crippen LogP contribution >= 0.6 is 11.6 Å². The van der Waals surface area contributed by atoms with Gasteiger partial charge in [-0.05, 0) is 37.0 Å². The van der Waals surface area contributed by atoms with Gasteiger partial charge in [0.1, 0.15) is 0 Å². The second-order valence-corrected chi connectivity index (χ2v) is 7.54. The van der Waals surface area contributed by atoms with Crippen molar-refractivity contribution in [1.82, 2.24) is 4.31 Å². The predicted molar refractivity (Wildman–Crippen MR) is 79.9 cm³/mol. The van der Waals surface area contributed by atoms with Crippen LogP contribution < -0.4 is 0 Å². The van der Waals surface area contributed by atoms with Crippen LogP contribution in [0.3, 0.4) is 0 Å². The standard InChI is InChI=1S/C14H22ClNO2S/c1-11(2)9-12(3)16(4)19(17,18)14-7-5-13(10-15)6-8-14/h5-8,11-12H,9-10H2,1-4H3. The quantitative estimate of drug-likeness (QED) is 0.755. The Labute approximate surface area is 121 Å². The third-order valence-corrected chi connectivity index (χ3v) is 5.48. The van der Waals surface area contributed by atoms with Crippen molar-refractivity contribution in [2.75, 3.05) is 7.05 Å². The summed E-state index contributed by atoms with van der Waals surface area (Å²) >= 11 is 5.70. The smallest absolute Gasteiger partial charge is 0.207 e. The first-order chi connectivity index (χ1) is 8.78. The van der Waals surface area contributed by atoms with E-state index in [1.807, 2.05) is 6.92 Å². The van der Waals surface area contributed by atoms with E-state index in [1.165, 1.54) is 4.31 Å². The molecule has 1 rings (SSSR count). The van der Waals surface area contributed by atoms with E-state index in [2.05, 4.69) is 13.8 Å². The fraction of sp³-hybridized carbons (Fsp3) is 0.571. The van der Waals surface area contributed by atoms with Gasteiger partial charge in [0, 0.05) is 19.0 Å². The van der Waals surface area contributed by atoms with Crippen molar-refractivity contribution < 1.29 is 8.42 Å². The van der Waals surface area contributed by atoms with Crippen LogP contribution in [0.5, 0.6) is 0 Å². The molecule has 0 aromatic heterocycles. The monoisotopic (exact) mass is 303 g/mol. The lowest BCUT2D eigenvalue weighted by atomic mass is 10.1. The van der Waals surface area contributed by atoms with Crippen LogP contribution in [-0.2, 0) is 15.9 Å². The lowest BCUT2D eigenvalue weighted by Gasteiger charge is -2.25. The average Bonchev–Trinajstić information content (AvgIpc) is 2.37. The van der Waals surface area contributed by atoms with Crippen LogP contribution in [0.15, 0.2) is 29.2 Å². The molecule has 0 aliphatic rings. The van der Waals surface area contributed by atoms with E-state index in [0.717, 1.165) is 12.0 Å². The lowest BCUT2D eigenvalue weighted by Crippen LogP contribution is -2.35. The van der Waals surface area contributed by atoms with Gasteiger partial charge in [0.15, 0.2) is 0 Å². The number of rotatable bonds is 6. The Morgan fingerprint density at radius 1 is 1.16 bits per heavy atom. The van der Waals surface area contributed by atoms with Gasteiger partial charge in [0.2, 0.25) is 10.0 Å². The molecular formula is C14H22ClNO2S. The van der Waals surface area contributed by atoms with Gasteiger partial charge in [-0.25, -0.2) is 8.42 Å². The summed E-state index contributed by atoms with van der Waals surface area (Å²) in [5.74, 6) is 0.853. The number of benzene rings is 1. The molecule has 0 aliphatic carbocycles. The molecule has 108 valence electrons. The number of halogens is 1. The van der Waals surface area contributed by atoms with Gasteiger partial charge in [-0.1, -0.05) is 26.0 Å². The molecule has 0 heterocycles. The van der Waals surface area contributed by atoms with E-state index in [4.69, 9.17) is 11.6 Å². The summed E-state index contributed by atoms with van der Waals surface area (Å²) in [7, 11) is -1.78. The lowest BCUT2D eigenvalue weighted by molar-refractivity contribution is 0.338. The zero-order valence-electron chi connectivity index (χ0n) is 11.9. The summed E-state index contributed by atoms with van der Waals surface area (Å²) in [6, 6.07) is 6.72. The second kappa shape index (κ2) is 6.73. The van der Waals surface area contributed by atoms with E-state index in [0.29, 0.717) is 16.7 Å². The summed E-state index contributed by atoms with van der Waals surface area (Å²) in [5.41, 5.74) is 0.915. The molecule has 5 heteroatoms. The first-order valence-corrected chi connectivity index (χ1v) is 8.39. The highest BCUT2D eigenvalue weighted by atomic mass is 35.5. The van der Waals surface area contributed by atoms with E-state index >= 15 is 0 Å². The highest BCUT2D eigenvalue weighted by Gasteiger charge is 2.25. The van der Waals surface area contributed by atoms with Gasteiger partial charge in [-0.2, -0.15) is 4.31 Å². The van der Waals surface area contributed by atoms with Crippen molar-refractivity contribution in [2.24, 2.45) is 5.92 Å². The summed E-state index contributed by atoms with van der Waals surface area (Å²) in [5, 5.41) is 0. The molecule has 0 fully saturated rings. The third kappa shape index (κ3) is 4.20. The van der Waals surface area contributed by atoms with E-state index in [1.54, 1.807) is 31.3 Å². The fourth-order valence-corrected chi connectivity index (χ4v) is 3.53. The first kappa shape index (κ1) is 16.5. The van der Waals surface area contributed by atoms with Crippen molar-refractivity contribution in [1.29, 1.82) is 0 Å². The van der Waals surface area contributed by atoms with Crippen LogP contribution in [0.2, 0.25) is 0 Å². The van der Waals surface area contributed by atoms with E-state index < -0.39 is 10.0 Å². The Hall–Kier alpha value is -0.580. The minimum absolute atomic E-state index is 0.0160. The second-order valence-electron chi connectivity index (χ2n) is 5.28. The van der Waals surface area contributed by atoms with Gasteiger partial charge < -0.3 is 0 Å². The molecule has 1 aromatic carbocycles. The molecule has 0 radical (unpaired) electrons. The Morgan fingerprint density at radius 2 is 1.68 bits per heavy atom. The van der Waals surface area contributed by atoms with Crippen molar-refractivity contribution in [3.63, 3.8) is 0 Å². The van der Waals surface area contributed by atoms with Crippen LogP contribution in [0.1, 0.15) is 32.8 Å². The number of hydrogen-bond donors (Lipinski definition) is 0. The van der Waals surface area contributed by atoms with Crippen molar-refractivity contribution in [3.8, 4) is 0 Å². The Bertz CT molecular complexity index is 497. The van der Waals surface area contributed by atoms with Crippen molar-refractivity contribution in [2.45, 2.75) is 44.0 Å². The highest BCUT2D eigenvalue weighted by molar-refractivity contribution is 7.89. The zero-order valence-corrected chi connectivity index (χ0v) is 13.5. The third-order valence-electron chi connectivity index (χ3n) is 3.19. The zero-order chi connectivity index (χ0) is 14.6. The highest BCUT2D eigenvalue weighted by Crippen LogP contribution is 2.20. The van der Waals surface area contributed by atoms with Crippen LogP contribution in [0, 0.1) is 5.92 Å². The van der Waals surface area contributed by atoms with Crippen LogP contribution in [0.25, 0.3) is 0 Å². The molecule has 1 unspecified atom stereocenters. The maximum atomic E-state index is 12.4. The van der Waals surface area contributed by atoms with Crippen molar-refractivity contribution >= 4 is 21.6 Å². The molecule has 1 aromatic rings. The fourth-order valence-electron chi connectivity index (χ4n) is 1.98. The molecule has 0 saturated carbocycles. The molecular weight excluding hydrogens is 282 g/mol. The molecule has 3 nitrogen and oxygen atoms in total. The van der Waals surface area contributed by atoms with Gasteiger partial charge in [0.25, 0.3) is 0 Å².